The third kappa shape index (κ3) is 4.90. The van der Waals surface area contributed by atoms with Crippen molar-refractivity contribution >= 4 is 11.7 Å². The predicted molar refractivity (Wildman–Crippen MR) is 127 cm³/mol. The minimum absolute atomic E-state index is 0.00829. The van der Waals surface area contributed by atoms with Crippen molar-refractivity contribution in [2.45, 2.75) is 39.2 Å². The third-order valence-corrected chi connectivity index (χ3v) is 6.22. The van der Waals surface area contributed by atoms with Crippen LogP contribution < -0.4 is 15.8 Å². The van der Waals surface area contributed by atoms with Crippen molar-refractivity contribution in [2.24, 2.45) is 5.92 Å². The van der Waals surface area contributed by atoms with Crippen LogP contribution in [-0.2, 0) is 11.2 Å². The van der Waals surface area contributed by atoms with Gasteiger partial charge in [0.2, 0.25) is 5.91 Å². The molecule has 1 aliphatic rings. The Hall–Kier alpha value is -3.41. The summed E-state index contributed by atoms with van der Waals surface area (Å²) in [5, 5.41) is 7.76. The van der Waals surface area contributed by atoms with Gasteiger partial charge in [-0.2, -0.15) is 4.68 Å². The number of rotatable bonds is 6. The van der Waals surface area contributed by atoms with E-state index in [1.165, 1.54) is 10.2 Å². The van der Waals surface area contributed by atoms with Crippen molar-refractivity contribution in [3.8, 4) is 5.69 Å². The summed E-state index contributed by atoms with van der Waals surface area (Å²) in [6.45, 7) is 5.59. The lowest BCUT2D eigenvalue weighted by Gasteiger charge is -2.32. The Balaban J connectivity index is 1.39. The normalized spacial score (nSPS) is 15.4. The number of nitrogens with zero attached hydrogens (tertiary/aromatic N) is 3. The fourth-order valence-corrected chi connectivity index (χ4v) is 4.16. The van der Waals surface area contributed by atoms with Crippen molar-refractivity contribution in [1.82, 2.24) is 15.1 Å². The van der Waals surface area contributed by atoms with Crippen LogP contribution in [0.2, 0.25) is 0 Å². The summed E-state index contributed by atoms with van der Waals surface area (Å²) < 4.78 is 1.45. The largest absolute Gasteiger partial charge is 0.355 e. The first-order chi connectivity index (χ1) is 15.5. The Kier molecular flexibility index (Phi) is 6.69. The molecular formula is C26H30N4O2. The number of carbonyl (C=O) groups is 1. The summed E-state index contributed by atoms with van der Waals surface area (Å²) in [7, 11) is 0. The molecule has 6 nitrogen and oxygen atoms in total. The summed E-state index contributed by atoms with van der Waals surface area (Å²) >= 11 is 0. The lowest BCUT2D eigenvalue weighted by Crippen LogP contribution is -2.42. The van der Waals surface area contributed by atoms with Gasteiger partial charge in [-0.1, -0.05) is 49.4 Å². The van der Waals surface area contributed by atoms with Crippen LogP contribution in [0.15, 0.2) is 71.5 Å². The van der Waals surface area contributed by atoms with Gasteiger partial charge in [0.25, 0.3) is 5.56 Å². The SMILES string of the molecule is CCc1ccc(-n2nc(N3CCC(C(=O)N[C@@H](C)c4ccccc4)CC3)ccc2=O)cc1. The second kappa shape index (κ2) is 9.81. The molecule has 0 bridgehead atoms. The van der Waals surface area contributed by atoms with E-state index in [2.05, 4.69) is 22.2 Å². The molecule has 2 aromatic carbocycles. The highest BCUT2D eigenvalue weighted by Gasteiger charge is 2.27. The van der Waals surface area contributed by atoms with E-state index in [9.17, 15) is 9.59 Å². The van der Waals surface area contributed by atoms with Crippen molar-refractivity contribution in [3.63, 3.8) is 0 Å². The molecule has 0 radical (unpaired) electrons. The number of anilines is 1. The standard InChI is InChI=1S/C26H30N4O2/c1-3-20-9-11-23(12-10-20)30-25(31)14-13-24(28-30)29-17-15-22(16-18-29)26(32)27-19(2)21-7-5-4-6-8-21/h4-14,19,22H,3,15-18H2,1-2H3,(H,27,32)/t19-/m0/s1. The van der Waals surface area contributed by atoms with E-state index in [-0.39, 0.29) is 23.4 Å². The van der Waals surface area contributed by atoms with Gasteiger partial charge in [-0.15, -0.1) is 5.10 Å². The maximum atomic E-state index is 12.8. The summed E-state index contributed by atoms with van der Waals surface area (Å²) in [4.78, 5) is 27.3. The van der Waals surface area contributed by atoms with Crippen LogP contribution in [0, 0.1) is 5.92 Å². The van der Waals surface area contributed by atoms with Crippen molar-refractivity contribution < 1.29 is 4.79 Å². The Morgan fingerprint density at radius 1 is 1.03 bits per heavy atom. The monoisotopic (exact) mass is 430 g/mol. The summed E-state index contributed by atoms with van der Waals surface area (Å²) in [6.07, 6.45) is 2.48. The Morgan fingerprint density at radius 2 is 1.72 bits per heavy atom. The van der Waals surface area contributed by atoms with Gasteiger partial charge in [-0.25, -0.2) is 0 Å². The van der Waals surface area contributed by atoms with E-state index < -0.39 is 0 Å². The number of hydrogen-bond donors (Lipinski definition) is 1. The number of benzene rings is 2. The van der Waals surface area contributed by atoms with Crippen LogP contribution in [0.4, 0.5) is 5.82 Å². The first-order valence-electron chi connectivity index (χ1n) is 11.3. The van der Waals surface area contributed by atoms with Crippen LogP contribution in [0.5, 0.6) is 0 Å². The molecule has 1 aliphatic heterocycles. The van der Waals surface area contributed by atoms with Crippen molar-refractivity contribution in [2.75, 3.05) is 18.0 Å². The Labute approximate surface area is 188 Å². The lowest BCUT2D eigenvalue weighted by molar-refractivity contribution is -0.126. The number of aryl methyl sites for hydroxylation is 1. The molecule has 4 rings (SSSR count). The number of amides is 1. The average Bonchev–Trinajstić information content (AvgIpc) is 2.85. The quantitative estimate of drug-likeness (QED) is 0.644. The molecular weight excluding hydrogens is 400 g/mol. The molecule has 2 heterocycles. The highest BCUT2D eigenvalue weighted by Crippen LogP contribution is 2.23. The van der Waals surface area contributed by atoms with Crippen molar-refractivity contribution in [3.05, 3.63) is 88.2 Å². The van der Waals surface area contributed by atoms with E-state index in [1.54, 1.807) is 12.1 Å². The lowest BCUT2D eigenvalue weighted by atomic mass is 9.95. The van der Waals surface area contributed by atoms with Gasteiger partial charge in [0.05, 0.1) is 11.7 Å². The molecule has 0 unspecified atom stereocenters. The van der Waals surface area contributed by atoms with Gasteiger partial charge in [-0.3, -0.25) is 9.59 Å². The number of aromatic nitrogens is 2. The van der Waals surface area contributed by atoms with Crippen molar-refractivity contribution in [1.29, 1.82) is 0 Å². The minimum atomic E-state index is -0.151. The van der Waals surface area contributed by atoms with E-state index >= 15 is 0 Å². The van der Waals surface area contributed by atoms with Gasteiger partial charge in [0, 0.05) is 25.1 Å². The van der Waals surface area contributed by atoms with Crippen LogP contribution in [0.1, 0.15) is 43.9 Å². The zero-order valence-electron chi connectivity index (χ0n) is 18.7. The molecule has 0 aliphatic carbocycles. The number of nitrogens with one attached hydrogen (secondary N) is 1. The van der Waals surface area contributed by atoms with Crippen LogP contribution in [0.25, 0.3) is 5.69 Å². The van der Waals surface area contributed by atoms with Gasteiger partial charge in [-0.05, 0) is 55.5 Å². The molecule has 1 N–H and O–H groups in total. The van der Waals surface area contributed by atoms with Gasteiger partial charge < -0.3 is 10.2 Å². The molecule has 1 saturated heterocycles. The molecule has 1 amide bonds. The fraction of sp³-hybridized carbons (Fsp3) is 0.346. The topological polar surface area (TPSA) is 67.2 Å². The molecule has 0 saturated carbocycles. The Morgan fingerprint density at radius 3 is 2.38 bits per heavy atom. The summed E-state index contributed by atoms with van der Waals surface area (Å²) in [6, 6.07) is 21.3. The molecule has 166 valence electrons. The zero-order valence-corrected chi connectivity index (χ0v) is 18.7. The van der Waals surface area contributed by atoms with E-state index in [4.69, 9.17) is 0 Å². The molecule has 1 aromatic heterocycles. The van der Waals surface area contributed by atoms with Gasteiger partial charge in [0.1, 0.15) is 5.82 Å². The third-order valence-electron chi connectivity index (χ3n) is 6.22. The molecule has 1 atom stereocenters. The maximum absolute atomic E-state index is 12.8. The molecule has 1 fully saturated rings. The minimum Gasteiger partial charge on any atom is -0.355 e. The highest BCUT2D eigenvalue weighted by molar-refractivity contribution is 5.79. The predicted octanol–water partition coefficient (Wildman–Crippen LogP) is 3.89. The van der Waals surface area contributed by atoms with E-state index in [0.29, 0.717) is 0 Å². The molecule has 32 heavy (non-hydrogen) atoms. The molecule has 3 aromatic rings. The van der Waals surface area contributed by atoms with Gasteiger partial charge >= 0.3 is 0 Å². The number of carbonyl (C=O) groups excluding carboxylic acids is 1. The number of hydrogen-bond acceptors (Lipinski definition) is 4. The average molecular weight is 431 g/mol. The van der Waals surface area contributed by atoms with Gasteiger partial charge in [0.15, 0.2) is 0 Å². The zero-order chi connectivity index (χ0) is 22.5. The molecule has 0 spiro atoms. The smallest absolute Gasteiger partial charge is 0.271 e. The summed E-state index contributed by atoms with van der Waals surface area (Å²) in [5.41, 5.74) is 2.94. The first kappa shape index (κ1) is 21.8. The Bertz CT molecular complexity index is 1100. The van der Waals surface area contributed by atoms with Crippen LogP contribution in [0.3, 0.4) is 0 Å². The van der Waals surface area contributed by atoms with E-state index in [0.717, 1.165) is 49.4 Å². The van der Waals surface area contributed by atoms with Crippen LogP contribution >= 0.6 is 0 Å². The summed E-state index contributed by atoms with van der Waals surface area (Å²) in [5.74, 6) is 0.862. The fourth-order valence-electron chi connectivity index (χ4n) is 4.16. The van der Waals surface area contributed by atoms with E-state index in [1.807, 2.05) is 61.5 Å². The van der Waals surface area contributed by atoms with Crippen LogP contribution in [-0.4, -0.2) is 28.8 Å². The second-order valence-corrected chi connectivity index (χ2v) is 8.36. The molecule has 6 heteroatoms. The first-order valence-corrected chi connectivity index (χ1v) is 11.3. The maximum Gasteiger partial charge on any atom is 0.271 e. The number of piperidine rings is 1. The highest BCUT2D eigenvalue weighted by atomic mass is 16.2. The second-order valence-electron chi connectivity index (χ2n) is 8.36.